The van der Waals surface area contributed by atoms with Crippen molar-refractivity contribution in [3.63, 3.8) is 0 Å². The van der Waals surface area contributed by atoms with Gasteiger partial charge in [-0.25, -0.2) is 4.68 Å². The molecule has 2 heterocycles. The Morgan fingerprint density at radius 3 is 2.42 bits per heavy atom. The van der Waals surface area contributed by atoms with Crippen LogP contribution in [0.4, 0.5) is 0 Å². The molecule has 0 aliphatic carbocycles. The lowest BCUT2D eigenvalue weighted by molar-refractivity contribution is -0.123. The van der Waals surface area contributed by atoms with Crippen LogP contribution in [-0.2, 0) is 4.79 Å². The van der Waals surface area contributed by atoms with Crippen LogP contribution in [0.1, 0.15) is 23.5 Å². The largest absolute Gasteiger partial charge is 0.354 e. The number of amides is 2. The van der Waals surface area contributed by atoms with Crippen molar-refractivity contribution in [1.82, 2.24) is 20.4 Å². The van der Waals surface area contributed by atoms with Crippen molar-refractivity contribution in [3.05, 3.63) is 69.5 Å². The fourth-order valence-corrected chi connectivity index (χ4v) is 4.61. The zero-order chi connectivity index (χ0) is 23.5. The molecule has 2 N–H and O–H groups in total. The maximum atomic E-state index is 12.8. The molecule has 2 aromatic heterocycles. The van der Waals surface area contributed by atoms with Crippen molar-refractivity contribution in [2.45, 2.75) is 13.8 Å². The van der Waals surface area contributed by atoms with Gasteiger partial charge in [-0.2, -0.15) is 5.10 Å². The van der Waals surface area contributed by atoms with Gasteiger partial charge in [-0.1, -0.05) is 67.4 Å². The minimum Gasteiger partial charge on any atom is -0.354 e. The van der Waals surface area contributed by atoms with Crippen LogP contribution in [0.3, 0.4) is 0 Å². The number of hydrogen-bond donors (Lipinski definition) is 2. The summed E-state index contributed by atoms with van der Waals surface area (Å²) >= 11 is 13.7. The van der Waals surface area contributed by atoms with Gasteiger partial charge in [-0.3, -0.25) is 9.59 Å². The van der Waals surface area contributed by atoms with E-state index in [0.29, 0.717) is 28.0 Å². The third-order valence-corrected chi connectivity index (χ3v) is 6.86. The number of rotatable bonds is 7. The zero-order valence-electron chi connectivity index (χ0n) is 18.1. The molecule has 9 heteroatoms. The first-order chi connectivity index (χ1) is 15.8. The molecule has 0 aliphatic rings. The fraction of sp³-hybridized carbons (Fsp3) is 0.208. The molecule has 0 aliphatic heterocycles. The van der Waals surface area contributed by atoms with Crippen LogP contribution in [0, 0.1) is 5.92 Å². The summed E-state index contributed by atoms with van der Waals surface area (Å²) in [7, 11) is 0. The number of carbonyl (C=O) groups excluding carboxylic acids is 2. The van der Waals surface area contributed by atoms with Crippen LogP contribution in [0.15, 0.2) is 54.6 Å². The van der Waals surface area contributed by atoms with Crippen molar-refractivity contribution in [1.29, 1.82) is 0 Å². The number of benzene rings is 2. The molecule has 0 radical (unpaired) electrons. The highest BCUT2D eigenvalue weighted by atomic mass is 35.5. The molecule has 0 saturated heterocycles. The maximum Gasteiger partial charge on any atom is 0.261 e. The molecule has 0 saturated carbocycles. The SMILES string of the molecule is CC(C)C(=O)NCCNC(=O)c1cc2c(-c3ccccc3)nn(-c3ccc(Cl)c(Cl)c3)c2s1. The fourth-order valence-electron chi connectivity index (χ4n) is 3.27. The zero-order valence-corrected chi connectivity index (χ0v) is 20.4. The van der Waals surface area contributed by atoms with E-state index in [2.05, 4.69) is 10.6 Å². The smallest absolute Gasteiger partial charge is 0.261 e. The molecule has 0 bridgehead atoms. The maximum absolute atomic E-state index is 12.8. The van der Waals surface area contributed by atoms with Crippen molar-refractivity contribution in [3.8, 4) is 16.9 Å². The Kier molecular flexibility index (Phi) is 7.02. The Morgan fingerprint density at radius 2 is 1.73 bits per heavy atom. The predicted molar refractivity (Wildman–Crippen MR) is 135 cm³/mol. The lowest BCUT2D eigenvalue weighted by atomic mass is 10.1. The monoisotopic (exact) mass is 500 g/mol. The van der Waals surface area contributed by atoms with Gasteiger partial charge in [0.25, 0.3) is 5.91 Å². The normalized spacial score (nSPS) is 11.2. The van der Waals surface area contributed by atoms with Gasteiger partial charge in [-0.15, -0.1) is 11.3 Å². The molecule has 2 aromatic carbocycles. The standard InChI is InChI=1S/C24H22Cl2N4O2S/c1-14(2)22(31)27-10-11-28-23(32)20-13-17-21(15-6-4-3-5-7-15)29-30(24(17)33-20)16-8-9-18(25)19(26)12-16/h3-9,12-14H,10-11H2,1-2H3,(H,27,31)(H,28,32). The van der Waals surface area contributed by atoms with E-state index in [1.165, 1.54) is 11.3 Å². The number of halogens is 2. The summed E-state index contributed by atoms with van der Waals surface area (Å²) in [5.74, 6) is -0.334. The highest BCUT2D eigenvalue weighted by molar-refractivity contribution is 7.20. The first-order valence-electron chi connectivity index (χ1n) is 10.4. The summed E-state index contributed by atoms with van der Waals surface area (Å²) in [5.41, 5.74) is 2.47. The first-order valence-corrected chi connectivity index (χ1v) is 12.0. The molecule has 4 aromatic rings. The van der Waals surface area contributed by atoms with E-state index < -0.39 is 0 Å². The second-order valence-corrected chi connectivity index (χ2v) is 9.60. The van der Waals surface area contributed by atoms with Crippen molar-refractivity contribution < 1.29 is 9.59 Å². The summed E-state index contributed by atoms with van der Waals surface area (Å²) in [6, 6.07) is 17.0. The van der Waals surface area contributed by atoms with Crippen molar-refractivity contribution >= 4 is 56.6 Å². The molecular weight excluding hydrogens is 479 g/mol. The van der Waals surface area contributed by atoms with Crippen LogP contribution in [0.2, 0.25) is 10.0 Å². The molecule has 170 valence electrons. The Balaban J connectivity index is 1.66. The number of hydrogen-bond acceptors (Lipinski definition) is 4. The molecule has 4 rings (SSSR count). The summed E-state index contributed by atoms with van der Waals surface area (Å²) < 4.78 is 1.78. The number of aromatic nitrogens is 2. The van der Waals surface area contributed by atoms with Crippen molar-refractivity contribution in [2.24, 2.45) is 5.92 Å². The molecular formula is C24H22Cl2N4O2S. The van der Waals surface area contributed by atoms with E-state index in [1.54, 1.807) is 16.8 Å². The minimum absolute atomic E-state index is 0.0414. The van der Waals surface area contributed by atoms with Gasteiger partial charge >= 0.3 is 0 Å². The van der Waals surface area contributed by atoms with Crippen LogP contribution in [-0.4, -0.2) is 34.7 Å². The Bertz CT molecular complexity index is 1320. The Morgan fingerprint density at radius 1 is 1.00 bits per heavy atom. The number of carbonyl (C=O) groups is 2. The lowest BCUT2D eigenvalue weighted by Gasteiger charge is -2.08. The molecule has 33 heavy (non-hydrogen) atoms. The van der Waals surface area contributed by atoms with Crippen LogP contribution < -0.4 is 10.6 Å². The summed E-state index contributed by atoms with van der Waals surface area (Å²) in [6.45, 7) is 4.37. The molecule has 0 atom stereocenters. The van der Waals surface area contributed by atoms with Gasteiger partial charge in [0, 0.05) is 30.0 Å². The van der Waals surface area contributed by atoms with Crippen molar-refractivity contribution in [2.75, 3.05) is 13.1 Å². The molecule has 0 spiro atoms. The number of nitrogens with one attached hydrogen (secondary N) is 2. The number of fused-ring (bicyclic) bond motifs is 1. The predicted octanol–water partition coefficient (Wildman–Crippen LogP) is 5.56. The molecule has 0 unspecified atom stereocenters. The summed E-state index contributed by atoms with van der Waals surface area (Å²) in [4.78, 5) is 25.9. The van der Waals surface area contributed by atoms with E-state index in [1.807, 2.05) is 56.3 Å². The van der Waals surface area contributed by atoms with E-state index in [4.69, 9.17) is 28.3 Å². The third kappa shape index (κ3) is 5.05. The van der Waals surface area contributed by atoms with Gasteiger partial charge < -0.3 is 10.6 Å². The highest BCUT2D eigenvalue weighted by Crippen LogP contribution is 2.36. The van der Waals surface area contributed by atoms with Gasteiger partial charge in [0.1, 0.15) is 10.5 Å². The second kappa shape index (κ2) is 9.95. The lowest BCUT2D eigenvalue weighted by Crippen LogP contribution is -2.36. The Hall–Kier alpha value is -2.87. The topological polar surface area (TPSA) is 76.0 Å². The van der Waals surface area contributed by atoms with Gasteiger partial charge in [0.05, 0.1) is 20.6 Å². The van der Waals surface area contributed by atoms with E-state index >= 15 is 0 Å². The van der Waals surface area contributed by atoms with Crippen LogP contribution >= 0.6 is 34.5 Å². The highest BCUT2D eigenvalue weighted by Gasteiger charge is 2.20. The minimum atomic E-state index is -0.199. The van der Waals surface area contributed by atoms with Crippen LogP contribution in [0.5, 0.6) is 0 Å². The van der Waals surface area contributed by atoms with Gasteiger partial charge in [0.15, 0.2) is 0 Å². The average molecular weight is 501 g/mol. The molecule has 6 nitrogen and oxygen atoms in total. The quantitative estimate of drug-likeness (QED) is 0.326. The second-order valence-electron chi connectivity index (χ2n) is 7.76. The Labute approximate surface area is 205 Å². The summed E-state index contributed by atoms with van der Waals surface area (Å²) in [6.07, 6.45) is 0. The third-order valence-electron chi connectivity index (χ3n) is 5.01. The first kappa shape index (κ1) is 23.3. The summed E-state index contributed by atoms with van der Waals surface area (Å²) in [5, 5.41) is 12.2. The van der Waals surface area contributed by atoms with Crippen LogP contribution in [0.25, 0.3) is 27.2 Å². The molecule has 2 amide bonds. The average Bonchev–Trinajstić information content (AvgIpc) is 3.38. The van der Waals surface area contributed by atoms with E-state index in [-0.39, 0.29) is 17.7 Å². The number of thiophene rings is 1. The van der Waals surface area contributed by atoms with E-state index in [9.17, 15) is 9.59 Å². The molecule has 0 fully saturated rings. The number of nitrogens with zero attached hydrogens (tertiary/aromatic N) is 2. The van der Waals surface area contributed by atoms with E-state index in [0.717, 1.165) is 27.2 Å². The van der Waals surface area contributed by atoms with Gasteiger partial charge in [-0.05, 0) is 24.3 Å². The van der Waals surface area contributed by atoms with Gasteiger partial charge in [0.2, 0.25) is 5.91 Å².